The zero-order chi connectivity index (χ0) is 14.4. The van der Waals surface area contributed by atoms with E-state index in [0.717, 1.165) is 12.5 Å². The smallest absolute Gasteiger partial charge is 0.0370 e. The third-order valence-corrected chi connectivity index (χ3v) is 6.48. The second kappa shape index (κ2) is 4.89. The Morgan fingerprint density at radius 1 is 1.21 bits per heavy atom. The minimum absolute atomic E-state index is 0.431. The highest BCUT2D eigenvalue weighted by Crippen LogP contribution is 2.72. The average Bonchev–Trinajstić information content (AvgIpc) is 2.56. The van der Waals surface area contributed by atoms with Crippen LogP contribution in [-0.4, -0.2) is 6.54 Å². The minimum atomic E-state index is 0.431. The van der Waals surface area contributed by atoms with Gasteiger partial charge in [0.25, 0.3) is 0 Å². The Hall–Kier alpha value is -0.340. The Labute approximate surface area is 122 Å². The van der Waals surface area contributed by atoms with E-state index in [0.29, 0.717) is 16.9 Å². The van der Waals surface area contributed by atoms with Gasteiger partial charge in [-0.2, -0.15) is 0 Å². The predicted octanol–water partition coefficient (Wildman–Crippen LogP) is 5.09. The molecular weight excluding hydrogens is 250 g/mol. The van der Waals surface area contributed by atoms with Crippen molar-refractivity contribution in [3.05, 3.63) is 21.4 Å². The van der Waals surface area contributed by atoms with Gasteiger partial charge in [0.15, 0.2) is 0 Å². The molecule has 1 nitrogen and oxygen atoms in total. The van der Waals surface area contributed by atoms with Crippen LogP contribution in [0.5, 0.6) is 0 Å². The molecular formula is C17H29NS. The van der Waals surface area contributed by atoms with Crippen LogP contribution in [0.1, 0.15) is 62.4 Å². The van der Waals surface area contributed by atoms with E-state index in [-0.39, 0.29) is 0 Å². The molecule has 1 aromatic heterocycles. The molecule has 1 atom stereocenters. The van der Waals surface area contributed by atoms with Gasteiger partial charge in [-0.15, -0.1) is 11.3 Å². The van der Waals surface area contributed by atoms with Crippen LogP contribution in [0, 0.1) is 30.6 Å². The Morgan fingerprint density at radius 2 is 1.79 bits per heavy atom. The number of rotatable bonds is 5. The molecule has 0 radical (unpaired) electrons. The van der Waals surface area contributed by atoms with Gasteiger partial charge in [-0.1, -0.05) is 34.6 Å². The van der Waals surface area contributed by atoms with Crippen molar-refractivity contribution >= 4 is 11.3 Å². The molecule has 0 saturated heterocycles. The summed E-state index contributed by atoms with van der Waals surface area (Å²) in [6.45, 7) is 17.6. The summed E-state index contributed by atoms with van der Waals surface area (Å²) in [5.41, 5.74) is 2.40. The van der Waals surface area contributed by atoms with Crippen LogP contribution in [0.4, 0.5) is 0 Å². The summed E-state index contributed by atoms with van der Waals surface area (Å²) in [6, 6.07) is 2.92. The quantitative estimate of drug-likeness (QED) is 0.792. The molecule has 0 bridgehead atoms. The largest absolute Gasteiger partial charge is 0.310 e. The first-order chi connectivity index (χ1) is 8.73. The maximum absolute atomic E-state index is 3.82. The highest BCUT2D eigenvalue weighted by atomic mass is 32.1. The lowest BCUT2D eigenvalue weighted by Gasteiger charge is -2.21. The third kappa shape index (κ3) is 2.38. The van der Waals surface area contributed by atoms with E-state index in [9.17, 15) is 0 Å². The molecule has 1 N–H and O–H groups in total. The Bertz CT molecular complexity index is 442. The van der Waals surface area contributed by atoms with E-state index in [1.807, 2.05) is 11.3 Å². The summed E-state index contributed by atoms with van der Waals surface area (Å²) in [4.78, 5) is 2.93. The van der Waals surface area contributed by atoms with Crippen LogP contribution in [0.25, 0.3) is 0 Å². The van der Waals surface area contributed by atoms with Gasteiger partial charge in [0.1, 0.15) is 0 Å². The molecule has 1 aromatic rings. The third-order valence-electron chi connectivity index (χ3n) is 5.49. The predicted molar refractivity (Wildman–Crippen MR) is 85.9 cm³/mol. The SMILES string of the molecule is CCCNC(c1cc(C)sc1C)C1C(C)(C)C1(C)C. The second-order valence-corrected chi connectivity index (χ2v) is 8.68. The van der Waals surface area contributed by atoms with Gasteiger partial charge in [0.2, 0.25) is 0 Å². The molecule has 1 unspecified atom stereocenters. The van der Waals surface area contributed by atoms with Crippen LogP contribution in [-0.2, 0) is 0 Å². The normalized spacial score (nSPS) is 22.5. The van der Waals surface area contributed by atoms with E-state index < -0.39 is 0 Å². The van der Waals surface area contributed by atoms with Crippen molar-refractivity contribution in [3.63, 3.8) is 0 Å². The summed E-state index contributed by atoms with van der Waals surface area (Å²) in [6.07, 6.45) is 1.20. The number of aryl methyl sites for hydroxylation is 2. The van der Waals surface area contributed by atoms with Crippen LogP contribution < -0.4 is 5.32 Å². The molecule has 0 aromatic carbocycles. The Kier molecular flexibility index (Phi) is 3.88. The molecule has 1 heterocycles. The molecule has 1 fully saturated rings. The van der Waals surface area contributed by atoms with E-state index in [2.05, 4.69) is 59.8 Å². The van der Waals surface area contributed by atoms with Gasteiger partial charge in [0.05, 0.1) is 0 Å². The van der Waals surface area contributed by atoms with Crippen LogP contribution >= 0.6 is 11.3 Å². The van der Waals surface area contributed by atoms with Crippen molar-refractivity contribution in [1.82, 2.24) is 5.32 Å². The number of hydrogen-bond donors (Lipinski definition) is 1. The van der Waals surface area contributed by atoms with Gasteiger partial charge in [-0.3, -0.25) is 0 Å². The molecule has 19 heavy (non-hydrogen) atoms. The summed E-state index contributed by atoms with van der Waals surface area (Å²) in [7, 11) is 0. The van der Waals surface area contributed by atoms with Crippen LogP contribution in [0.2, 0.25) is 0 Å². The molecule has 1 aliphatic carbocycles. The summed E-state index contributed by atoms with van der Waals surface area (Å²) in [5.74, 6) is 0.735. The van der Waals surface area contributed by atoms with Crippen molar-refractivity contribution in [2.24, 2.45) is 16.7 Å². The van der Waals surface area contributed by atoms with Gasteiger partial charge in [0, 0.05) is 15.8 Å². The number of nitrogens with one attached hydrogen (secondary N) is 1. The van der Waals surface area contributed by atoms with Gasteiger partial charge in [-0.05, 0) is 55.2 Å². The highest BCUT2D eigenvalue weighted by molar-refractivity contribution is 7.12. The molecule has 108 valence electrons. The fraction of sp³-hybridized carbons (Fsp3) is 0.765. The number of hydrogen-bond acceptors (Lipinski definition) is 2. The first-order valence-electron chi connectivity index (χ1n) is 7.53. The van der Waals surface area contributed by atoms with Crippen molar-refractivity contribution in [2.45, 2.75) is 60.9 Å². The molecule has 2 rings (SSSR count). The topological polar surface area (TPSA) is 12.0 Å². The average molecular weight is 279 g/mol. The van der Waals surface area contributed by atoms with Gasteiger partial charge >= 0.3 is 0 Å². The standard InChI is InChI=1S/C17H29NS/c1-8-9-18-14(13-10-11(2)19-12(13)3)15-16(4,5)17(15,6)7/h10,14-15,18H,8-9H2,1-7H3. The lowest BCUT2D eigenvalue weighted by Crippen LogP contribution is -2.26. The van der Waals surface area contributed by atoms with Gasteiger partial charge in [-0.25, -0.2) is 0 Å². The van der Waals surface area contributed by atoms with Gasteiger partial charge < -0.3 is 5.32 Å². The van der Waals surface area contributed by atoms with Crippen molar-refractivity contribution < 1.29 is 0 Å². The lowest BCUT2D eigenvalue weighted by atomic mass is 9.96. The van der Waals surface area contributed by atoms with Crippen molar-refractivity contribution in [2.75, 3.05) is 6.54 Å². The maximum atomic E-state index is 3.82. The molecule has 0 aliphatic heterocycles. The molecule has 0 spiro atoms. The Morgan fingerprint density at radius 3 is 2.16 bits per heavy atom. The Balaban J connectivity index is 2.31. The zero-order valence-electron chi connectivity index (χ0n) is 13.6. The van der Waals surface area contributed by atoms with E-state index in [4.69, 9.17) is 0 Å². The lowest BCUT2D eigenvalue weighted by molar-refractivity contribution is 0.409. The zero-order valence-corrected chi connectivity index (χ0v) is 14.4. The fourth-order valence-electron chi connectivity index (χ4n) is 3.75. The number of thiophene rings is 1. The highest BCUT2D eigenvalue weighted by Gasteiger charge is 2.67. The monoisotopic (exact) mass is 279 g/mol. The van der Waals surface area contributed by atoms with E-state index >= 15 is 0 Å². The minimum Gasteiger partial charge on any atom is -0.310 e. The molecule has 0 amide bonds. The first-order valence-corrected chi connectivity index (χ1v) is 8.35. The molecule has 2 heteroatoms. The van der Waals surface area contributed by atoms with Crippen molar-refractivity contribution in [3.8, 4) is 0 Å². The summed E-state index contributed by atoms with van der Waals surface area (Å²) >= 11 is 1.94. The fourth-order valence-corrected chi connectivity index (χ4v) is 4.72. The summed E-state index contributed by atoms with van der Waals surface area (Å²) in [5, 5.41) is 3.82. The first kappa shape index (κ1) is 15.1. The second-order valence-electron chi connectivity index (χ2n) is 7.22. The molecule has 1 aliphatic rings. The van der Waals surface area contributed by atoms with Crippen LogP contribution in [0.3, 0.4) is 0 Å². The summed E-state index contributed by atoms with van der Waals surface area (Å²) < 4.78 is 0. The van der Waals surface area contributed by atoms with Crippen molar-refractivity contribution in [1.29, 1.82) is 0 Å². The molecule has 1 saturated carbocycles. The van der Waals surface area contributed by atoms with Crippen LogP contribution in [0.15, 0.2) is 6.07 Å². The van der Waals surface area contributed by atoms with E-state index in [1.54, 1.807) is 5.56 Å². The van der Waals surface area contributed by atoms with E-state index in [1.165, 1.54) is 16.2 Å². The maximum Gasteiger partial charge on any atom is 0.0370 e.